The summed E-state index contributed by atoms with van der Waals surface area (Å²) in [5.74, 6) is 0. The van der Waals surface area contributed by atoms with Crippen LogP contribution in [-0.2, 0) is 6.42 Å². The van der Waals surface area contributed by atoms with E-state index in [-0.39, 0.29) is 0 Å². The molecule has 0 saturated carbocycles. The van der Waals surface area contributed by atoms with Crippen molar-refractivity contribution in [1.82, 2.24) is 15.0 Å². The van der Waals surface area contributed by atoms with Gasteiger partial charge >= 0.3 is 0 Å². The minimum absolute atomic E-state index is 0.340. The molecule has 0 radical (unpaired) electrons. The average Bonchev–Trinajstić information content (AvgIpc) is 2.70. The fourth-order valence-corrected chi connectivity index (χ4v) is 3.53. The Balaban J connectivity index is 1.40. The zero-order valence-electron chi connectivity index (χ0n) is 15.4. The summed E-state index contributed by atoms with van der Waals surface area (Å²) in [5.41, 5.74) is 8.45. The molecule has 0 bridgehead atoms. The summed E-state index contributed by atoms with van der Waals surface area (Å²) in [7, 11) is 0. The second kappa shape index (κ2) is 9.50. The molecule has 0 fully saturated rings. The molecule has 2 aromatic carbocycles. The molecular weight excluding hydrogens is 354 g/mol. The van der Waals surface area contributed by atoms with E-state index in [4.69, 9.17) is 11.1 Å². The molecule has 1 unspecified atom stereocenters. The number of nitrogens with two attached hydrogens (primary N) is 1. The zero-order chi connectivity index (χ0) is 19.1. The number of anilines is 1. The summed E-state index contributed by atoms with van der Waals surface area (Å²) in [6.45, 7) is 3.94. The Kier molecular flexibility index (Phi) is 6.81. The van der Waals surface area contributed by atoms with Crippen molar-refractivity contribution in [3.8, 4) is 0 Å². The van der Waals surface area contributed by atoms with Crippen LogP contribution in [0.3, 0.4) is 0 Å². The predicted molar refractivity (Wildman–Crippen MR) is 116 cm³/mol. The summed E-state index contributed by atoms with van der Waals surface area (Å²) in [6, 6.07) is 14.6. The van der Waals surface area contributed by atoms with E-state index < -0.39 is 0 Å². The lowest BCUT2D eigenvalue weighted by atomic mass is 10.1. The first kappa shape index (κ1) is 19.4. The molecule has 0 aliphatic rings. The van der Waals surface area contributed by atoms with E-state index >= 15 is 0 Å². The maximum atomic E-state index is 7.38. The number of nitrogens with zero attached hydrogens (tertiary/aromatic N) is 1. The highest BCUT2D eigenvalue weighted by atomic mass is 32.2. The topological polar surface area (TPSA) is 86.8 Å². The van der Waals surface area contributed by atoms with Gasteiger partial charge < -0.3 is 16.5 Å². The highest BCUT2D eigenvalue weighted by molar-refractivity contribution is 7.97. The fraction of sp³-hybridized carbons (Fsp3) is 0.238. The number of pyridine rings is 1. The summed E-state index contributed by atoms with van der Waals surface area (Å²) >= 11 is 1.66. The van der Waals surface area contributed by atoms with Gasteiger partial charge in [-0.15, -0.1) is 0 Å². The maximum Gasteiger partial charge on any atom is 0.0403 e. The molecular formula is C21H25N5S. The first-order valence-electron chi connectivity index (χ1n) is 9.01. The van der Waals surface area contributed by atoms with Crippen molar-refractivity contribution in [3.63, 3.8) is 0 Å². The van der Waals surface area contributed by atoms with Gasteiger partial charge in [0.15, 0.2) is 0 Å². The summed E-state index contributed by atoms with van der Waals surface area (Å²) < 4.78 is 3.48. The third-order valence-corrected chi connectivity index (χ3v) is 5.35. The highest BCUT2D eigenvalue weighted by Gasteiger charge is 2.04. The third-order valence-electron chi connectivity index (χ3n) is 4.34. The molecule has 0 spiro atoms. The first-order chi connectivity index (χ1) is 13.2. The molecule has 140 valence electrons. The third kappa shape index (κ3) is 5.53. The minimum atomic E-state index is 0.340. The van der Waals surface area contributed by atoms with Crippen LogP contribution >= 0.6 is 11.9 Å². The van der Waals surface area contributed by atoms with Crippen LogP contribution in [0.2, 0.25) is 0 Å². The van der Waals surface area contributed by atoms with E-state index in [2.05, 4.69) is 40.1 Å². The number of nitrogen functional groups attached to an aromatic ring is 1. The summed E-state index contributed by atoms with van der Waals surface area (Å²) in [4.78, 5) is 5.34. The van der Waals surface area contributed by atoms with E-state index in [0.717, 1.165) is 30.5 Å². The van der Waals surface area contributed by atoms with E-state index in [1.807, 2.05) is 36.7 Å². The van der Waals surface area contributed by atoms with Gasteiger partial charge in [-0.2, -0.15) is 0 Å². The van der Waals surface area contributed by atoms with Crippen molar-refractivity contribution in [1.29, 1.82) is 5.41 Å². The summed E-state index contributed by atoms with van der Waals surface area (Å²) in [6.07, 6.45) is 5.93. The number of rotatable bonds is 9. The number of hydrogen-bond donors (Lipinski definition) is 4. The van der Waals surface area contributed by atoms with Crippen LogP contribution in [0, 0.1) is 5.41 Å². The van der Waals surface area contributed by atoms with Crippen molar-refractivity contribution >= 4 is 34.6 Å². The quantitative estimate of drug-likeness (QED) is 0.197. The van der Waals surface area contributed by atoms with Crippen LogP contribution in [0.5, 0.6) is 0 Å². The van der Waals surface area contributed by atoms with Gasteiger partial charge in [-0.3, -0.25) is 9.71 Å². The lowest BCUT2D eigenvalue weighted by Crippen LogP contribution is -2.33. The molecule has 1 aromatic heterocycles. The maximum absolute atomic E-state index is 7.38. The monoisotopic (exact) mass is 379 g/mol. The van der Waals surface area contributed by atoms with Crippen molar-refractivity contribution in [3.05, 3.63) is 66.0 Å². The molecule has 0 aliphatic heterocycles. The number of nitrogens with one attached hydrogen (secondary N) is 3. The fourth-order valence-electron chi connectivity index (χ4n) is 2.79. The van der Waals surface area contributed by atoms with Crippen LogP contribution < -0.4 is 15.8 Å². The van der Waals surface area contributed by atoms with E-state index in [9.17, 15) is 0 Å². The number of benzene rings is 2. The molecule has 0 amide bonds. The minimum Gasteiger partial charge on any atom is -0.398 e. The first-order valence-corrected chi connectivity index (χ1v) is 9.83. The normalized spacial score (nSPS) is 12.2. The van der Waals surface area contributed by atoms with Crippen LogP contribution in [0.1, 0.15) is 18.1 Å². The zero-order valence-corrected chi connectivity index (χ0v) is 16.2. The van der Waals surface area contributed by atoms with Crippen molar-refractivity contribution in [2.75, 3.05) is 18.8 Å². The molecule has 0 saturated heterocycles. The Hall–Kier alpha value is -2.41. The van der Waals surface area contributed by atoms with E-state index in [1.165, 1.54) is 22.1 Å². The van der Waals surface area contributed by atoms with Crippen LogP contribution in [-0.4, -0.2) is 30.3 Å². The van der Waals surface area contributed by atoms with Gasteiger partial charge in [0.1, 0.15) is 0 Å². The van der Waals surface area contributed by atoms with Gasteiger partial charge in [0.2, 0.25) is 0 Å². The Morgan fingerprint density at radius 3 is 2.93 bits per heavy atom. The average molecular weight is 380 g/mol. The molecule has 0 aliphatic carbocycles. The Morgan fingerprint density at radius 1 is 1.19 bits per heavy atom. The molecule has 1 atom stereocenters. The molecule has 3 rings (SSSR count). The summed E-state index contributed by atoms with van der Waals surface area (Å²) in [5, 5.41) is 13.2. The van der Waals surface area contributed by atoms with Crippen LogP contribution in [0.15, 0.2) is 59.8 Å². The van der Waals surface area contributed by atoms with E-state index in [1.54, 1.807) is 11.9 Å². The highest BCUT2D eigenvalue weighted by Crippen LogP contribution is 2.21. The number of aromatic nitrogens is 1. The van der Waals surface area contributed by atoms with Gasteiger partial charge in [0.25, 0.3) is 0 Å². The lowest BCUT2D eigenvalue weighted by Gasteiger charge is -2.14. The second-order valence-corrected chi connectivity index (χ2v) is 7.48. The van der Waals surface area contributed by atoms with Crippen molar-refractivity contribution in [2.45, 2.75) is 24.3 Å². The van der Waals surface area contributed by atoms with Crippen LogP contribution in [0.25, 0.3) is 10.8 Å². The van der Waals surface area contributed by atoms with Gasteiger partial charge in [0, 0.05) is 52.7 Å². The molecule has 5 nitrogen and oxygen atoms in total. The Labute approximate surface area is 164 Å². The second-order valence-electron chi connectivity index (χ2n) is 6.57. The lowest BCUT2D eigenvalue weighted by molar-refractivity contribution is 0.586. The van der Waals surface area contributed by atoms with Gasteiger partial charge in [0.05, 0.1) is 0 Å². The van der Waals surface area contributed by atoms with Crippen molar-refractivity contribution in [2.24, 2.45) is 0 Å². The van der Waals surface area contributed by atoms with Crippen molar-refractivity contribution < 1.29 is 0 Å². The molecule has 27 heavy (non-hydrogen) atoms. The van der Waals surface area contributed by atoms with Gasteiger partial charge in [-0.1, -0.05) is 12.1 Å². The smallest absolute Gasteiger partial charge is 0.0403 e. The Morgan fingerprint density at radius 2 is 2.07 bits per heavy atom. The number of fused-ring (bicyclic) bond motifs is 1. The van der Waals surface area contributed by atoms with E-state index in [0.29, 0.717) is 11.7 Å². The van der Waals surface area contributed by atoms with Gasteiger partial charge in [-0.25, -0.2) is 0 Å². The number of hydrogen-bond acceptors (Lipinski definition) is 6. The van der Waals surface area contributed by atoms with Gasteiger partial charge in [-0.05, 0) is 73.1 Å². The Bertz CT molecular complexity index is 912. The standard InChI is InChI=1S/C21H25N5S/c1-15(13-24-8-6-16-2-5-21(23)19(10-16)12-22)26-27-20-4-3-18-14-25-9-7-17(18)11-20/h2-5,7,9-12,14-15,22,24,26H,6,8,13,23H2,1H3. The molecule has 5 N–H and O–H groups in total. The van der Waals surface area contributed by atoms with Crippen LogP contribution in [0.4, 0.5) is 5.69 Å². The molecule has 3 aromatic rings. The SMILES string of the molecule is CC(CNCCc1ccc(N)c(C=N)c1)NSc1ccc2cnccc2c1. The largest absolute Gasteiger partial charge is 0.398 e. The molecule has 6 heteroatoms. The predicted octanol–water partition coefficient (Wildman–Crippen LogP) is 3.63. The molecule has 1 heterocycles.